The van der Waals surface area contributed by atoms with Crippen LogP contribution in [0.1, 0.15) is 16.3 Å². The topological polar surface area (TPSA) is 90.6 Å². The van der Waals surface area contributed by atoms with E-state index in [0.29, 0.717) is 23.0 Å². The van der Waals surface area contributed by atoms with Gasteiger partial charge in [-0.1, -0.05) is 0 Å². The summed E-state index contributed by atoms with van der Waals surface area (Å²) in [7, 11) is 3.08. The normalized spacial score (nSPS) is 10.6. The van der Waals surface area contributed by atoms with Crippen LogP contribution in [-0.4, -0.2) is 39.7 Å². The number of rotatable bonds is 4. The van der Waals surface area contributed by atoms with Crippen LogP contribution in [0.5, 0.6) is 11.5 Å². The highest BCUT2D eigenvalue weighted by atomic mass is 16.5. The smallest absolute Gasteiger partial charge is 0.295 e. The lowest BCUT2D eigenvalue weighted by molar-refractivity contribution is 0.101. The third kappa shape index (κ3) is 2.91. The second kappa shape index (κ2) is 5.91. The van der Waals surface area contributed by atoms with Gasteiger partial charge in [-0.2, -0.15) is 4.98 Å². The highest BCUT2D eigenvalue weighted by Gasteiger charge is 2.15. The van der Waals surface area contributed by atoms with E-state index >= 15 is 0 Å². The van der Waals surface area contributed by atoms with Crippen molar-refractivity contribution in [2.75, 3.05) is 19.5 Å². The number of fused-ring (bicyclic) bond motifs is 1. The quantitative estimate of drug-likeness (QED) is 0.788. The molecule has 8 heteroatoms. The van der Waals surface area contributed by atoms with Crippen molar-refractivity contribution < 1.29 is 14.3 Å². The number of ether oxygens (including phenoxy) is 2. The third-order valence-corrected chi connectivity index (χ3v) is 3.24. The standard InChI is InChI=1S/C15H15N5O3/c1-9-4-5-16-15-18-13(19-20(9)15)14(21)17-10-6-11(22-2)8-12(7-10)23-3/h4-8H,1-3H3,(H,17,21). The van der Waals surface area contributed by atoms with E-state index in [0.717, 1.165) is 5.69 Å². The predicted molar refractivity (Wildman–Crippen MR) is 83.0 cm³/mol. The average Bonchev–Trinajstić information content (AvgIpc) is 3.00. The molecule has 3 aromatic rings. The van der Waals surface area contributed by atoms with E-state index < -0.39 is 5.91 Å². The van der Waals surface area contributed by atoms with E-state index in [1.54, 1.807) is 44.7 Å². The van der Waals surface area contributed by atoms with E-state index in [1.807, 2.05) is 6.92 Å². The minimum absolute atomic E-state index is 0.0357. The number of nitrogens with zero attached hydrogens (tertiary/aromatic N) is 4. The molecule has 1 N–H and O–H groups in total. The van der Waals surface area contributed by atoms with Crippen molar-refractivity contribution in [1.82, 2.24) is 19.6 Å². The number of hydrogen-bond acceptors (Lipinski definition) is 6. The molecule has 1 aromatic carbocycles. The van der Waals surface area contributed by atoms with Gasteiger partial charge in [-0.3, -0.25) is 4.79 Å². The maximum atomic E-state index is 12.3. The van der Waals surface area contributed by atoms with Gasteiger partial charge in [0.15, 0.2) is 0 Å². The Labute approximate surface area is 132 Å². The second-order valence-electron chi connectivity index (χ2n) is 4.79. The number of methoxy groups -OCH3 is 2. The van der Waals surface area contributed by atoms with Gasteiger partial charge in [-0.05, 0) is 13.0 Å². The molecule has 0 unspecified atom stereocenters. The summed E-state index contributed by atoms with van der Waals surface area (Å²) in [5.41, 5.74) is 1.36. The molecule has 2 heterocycles. The van der Waals surface area contributed by atoms with Crippen molar-refractivity contribution in [2.24, 2.45) is 0 Å². The number of aryl methyl sites for hydroxylation is 1. The lowest BCUT2D eigenvalue weighted by atomic mass is 10.2. The summed E-state index contributed by atoms with van der Waals surface area (Å²) in [5.74, 6) is 1.11. The Balaban J connectivity index is 1.90. The largest absolute Gasteiger partial charge is 0.497 e. The van der Waals surface area contributed by atoms with E-state index in [1.165, 1.54) is 4.52 Å². The Morgan fingerprint density at radius 3 is 2.48 bits per heavy atom. The zero-order valence-electron chi connectivity index (χ0n) is 12.9. The van der Waals surface area contributed by atoms with Crippen LogP contribution in [0, 0.1) is 6.92 Å². The minimum atomic E-state index is -0.440. The monoisotopic (exact) mass is 313 g/mol. The van der Waals surface area contributed by atoms with Crippen molar-refractivity contribution in [3.8, 4) is 11.5 Å². The van der Waals surface area contributed by atoms with Gasteiger partial charge in [0.05, 0.1) is 14.2 Å². The first kappa shape index (κ1) is 14.8. The van der Waals surface area contributed by atoms with Gasteiger partial charge >= 0.3 is 0 Å². The molecule has 0 aliphatic heterocycles. The Kier molecular flexibility index (Phi) is 3.80. The summed E-state index contributed by atoms with van der Waals surface area (Å²) in [5, 5.41) is 6.89. The summed E-state index contributed by atoms with van der Waals surface area (Å²) in [6.45, 7) is 1.86. The molecular weight excluding hydrogens is 298 g/mol. The fourth-order valence-electron chi connectivity index (χ4n) is 2.07. The molecule has 0 aliphatic rings. The number of hydrogen-bond donors (Lipinski definition) is 1. The van der Waals surface area contributed by atoms with E-state index in [9.17, 15) is 4.79 Å². The molecular formula is C15H15N5O3. The van der Waals surface area contributed by atoms with Crippen molar-refractivity contribution >= 4 is 17.4 Å². The molecule has 0 radical (unpaired) electrons. The second-order valence-corrected chi connectivity index (χ2v) is 4.79. The Morgan fingerprint density at radius 2 is 1.87 bits per heavy atom. The molecule has 0 bridgehead atoms. The molecule has 0 spiro atoms. The lowest BCUT2D eigenvalue weighted by Crippen LogP contribution is -2.14. The molecule has 0 saturated heterocycles. The van der Waals surface area contributed by atoms with Crippen LogP contribution in [-0.2, 0) is 0 Å². The van der Waals surface area contributed by atoms with Crippen molar-refractivity contribution in [3.63, 3.8) is 0 Å². The Morgan fingerprint density at radius 1 is 1.17 bits per heavy atom. The van der Waals surface area contributed by atoms with Gasteiger partial charge in [0, 0.05) is 35.8 Å². The molecule has 8 nitrogen and oxygen atoms in total. The van der Waals surface area contributed by atoms with Gasteiger partial charge in [-0.25, -0.2) is 9.50 Å². The molecule has 23 heavy (non-hydrogen) atoms. The van der Waals surface area contributed by atoms with E-state index in [4.69, 9.17) is 9.47 Å². The molecule has 3 rings (SSSR count). The molecule has 118 valence electrons. The zero-order chi connectivity index (χ0) is 16.4. The number of aromatic nitrogens is 4. The number of carbonyl (C=O) groups excluding carboxylic acids is 1. The van der Waals surface area contributed by atoms with Crippen molar-refractivity contribution in [1.29, 1.82) is 0 Å². The average molecular weight is 313 g/mol. The van der Waals surface area contributed by atoms with Crippen LogP contribution >= 0.6 is 0 Å². The molecule has 2 aromatic heterocycles. The van der Waals surface area contributed by atoms with Gasteiger partial charge in [0.25, 0.3) is 11.7 Å². The molecule has 1 amide bonds. The van der Waals surface area contributed by atoms with Crippen LogP contribution in [0.3, 0.4) is 0 Å². The first-order chi connectivity index (χ1) is 11.1. The number of amides is 1. The Hall–Kier alpha value is -3.16. The van der Waals surface area contributed by atoms with Crippen LogP contribution in [0.4, 0.5) is 5.69 Å². The van der Waals surface area contributed by atoms with Crippen LogP contribution in [0.2, 0.25) is 0 Å². The first-order valence-electron chi connectivity index (χ1n) is 6.83. The third-order valence-electron chi connectivity index (χ3n) is 3.24. The Bertz CT molecular complexity index is 852. The predicted octanol–water partition coefficient (Wildman–Crippen LogP) is 1.70. The number of carbonyl (C=O) groups is 1. The van der Waals surface area contributed by atoms with Crippen LogP contribution in [0.25, 0.3) is 5.78 Å². The number of anilines is 1. The van der Waals surface area contributed by atoms with E-state index in [-0.39, 0.29) is 5.82 Å². The van der Waals surface area contributed by atoms with Crippen LogP contribution < -0.4 is 14.8 Å². The fourth-order valence-corrected chi connectivity index (χ4v) is 2.07. The number of nitrogens with one attached hydrogen (secondary N) is 1. The maximum absolute atomic E-state index is 12.3. The van der Waals surface area contributed by atoms with Gasteiger partial charge in [0.2, 0.25) is 5.82 Å². The molecule has 0 saturated carbocycles. The lowest BCUT2D eigenvalue weighted by Gasteiger charge is -2.08. The van der Waals surface area contributed by atoms with Gasteiger partial charge < -0.3 is 14.8 Å². The highest BCUT2D eigenvalue weighted by molar-refractivity contribution is 6.02. The van der Waals surface area contributed by atoms with Crippen molar-refractivity contribution in [2.45, 2.75) is 6.92 Å². The number of benzene rings is 1. The summed E-state index contributed by atoms with van der Waals surface area (Å²) in [6, 6.07) is 6.86. The fraction of sp³-hybridized carbons (Fsp3) is 0.200. The summed E-state index contributed by atoms with van der Waals surface area (Å²) in [4.78, 5) is 20.5. The van der Waals surface area contributed by atoms with Crippen LogP contribution in [0.15, 0.2) is 30.5 Å². The molecule has 0 fully saturated rings. The first-order valence-corrected chi connectivity index (χ1v) is 6.83. The molecule has 0 atom stereocenters. The molecule has 0 aliphatic carbocycles. The summed E-state index contributed by atoms with van der Waals surface area (Å²) < 4.78 is 11.9. The highest BCUT2D eigenvalue weighted by Crippen LogP contribution is 2.25. The summed E-state index contributed by atoms with van der Waals surface area (Å²) in [6.07, 6.45) is 1.62. The maximum Gasteiger partial charge on any atom is 0.295 e. The van der Waals surface area contributed by atoms with Crippen molar-refractivity contribution in [3.05, 3.63) is 42.0 Å². The minimum Gasteiger partial charge on any atom is -0.497 e. The zero-order valence-corrected chi connectivity index (χ0v) is 12.9. The van der Waals surface area contributed by atoms with Gasteiger partial charge in [0.1, 0.15) is 11.5 Å². The van der Waals surface area contributed by atoms with Gasteiger partial charge in [-0.15, -0.1) is 5.10 Å². The SMILES string of the molecule is COc1cc(NC(=O)c2nc3nccc(C)n3n2)cc(OC)c1. The van der Waals surface area contributed by atoms with E-state index in [2.05, 4.69) is 20.4 Å². The summed E-state index contributed by atoms with van der Waals surface area (Å²) >= 11 is 0.